The highest BCUT2D eigenvalue weighted by Gasteiger charge is 2.28. The Morgan fingerprint density at radius 3 is 2.81 bits per heavy atom. The minimum absolute atomic E-state index is 0.00313. The number of rotatable bonds is 5. The fraction of sp³-hybridized carbons (Fsp3) is 0.300. The van der Waals surface area contributed by atoms with Gasteiger partial charge in [-0.15, -0.1) is 0 Å². The minimum Gasteiger partial charge on any atom is -0.484 e. The maximum absolute atomic E-state index is 12.6. The summed E-state index contributed by atoms with van der Waals surface area (Å²) in [5, 5.41) is 0. The number of piperidine rings is 1. The van der Waals surface area contributed by atoms with E-state index in [2.05, 4.69) is 15.0 Å². The number of carbonyl (C=O) groups is 1. The van der Waals surface area contributed by atoms with E-state index >= 15 is 0 Å². The number of benzene rings is 1. The normalized spacial score (nSPS) is 16.9. The van der Waals surface area contributed by atoms with Crippen molar-refractivity contribution in [2.45, 2.75) is 18.8 Å². The Balaban J connectivity index is 1.45. The van der Waals surface area contributed by atoms with E-state index in [-0.39, 0.29) is 18.4 Å². The van der Waals surface area contributed by atoms with Gasteiger partial charge in [0.2, 0.25) is 0 Å². The molecule has 138 valence electrons. The third-order valence-corrected chi connectivity index (χ3v) is 4.72. The van der Waals surface area contributed by atoms with Gasteiger partial charge in [0.05, 0.1) is 5.69 Å². The highest BCUT2D eigenvalue weighted by molar-refractivity contribution is 5.78. The molecular formula is C20H21N5O2. The van der Waals surface area contributed by atoms with Crippen LogP contribution in [0.4, 0.5) is 0 Å². The second-order valence-corrected chi connectivity index (χ2v) is 6.52. The molecule has 0 bridgehead atoms. The smallest absolute Gasteiger partial charge is 0.260 e. The summed E-state index contributed by atoms with van der Waals surface area (Å²) in [5.41, 5.74) is 0.900. The van der Waals surface area contributed by atoms with E-state index in [1.807, 2.05) is 46.0 Å². The fourth-order valence-electron chi connectivity index (χ4n) is 3.39. The van der Waals surface area contributed by atoms with E-state index in [9.17, 15) is 4.79 Å². The van der Waals surface area contributed by atoms with Crippen molar-refractivity contribution in [3.63, 3.8) is 0 Å². The zero-order chi connectivity index (χ0) is 18.5. The molecule has 3 heterocycles. The molecule has 1 aromatic carbocycles. The fourth-order valence-corrected chi connectivity index (χ4v) is 3.39. The Morgan fingerprint density at radius 2 is 2.00 bits per heavy atom. The first-order chi connectivity index (χ1) is 13.3. The summed E-state index contributed by atoms with van der Waals surface area (Å²) >= 11 is 0. The van der Waals surface area contributed by atoms with Crippen molar-refractivity contribution in [1.29, 1.82) is 0 Å². The predicted octanol–water partition coefficient (Wildman–Crippen LogP) is 2.45. The van der Waals surface area contributed by atoms with Gasteiger partial charge in [0.15, 0.2) is 12.4 Å². The van der Waals surface area contributed by atoms with Gasteiger partial charge in [0.1, 0.15) is 12.1 Å². The monoisotopic (exact) mass is 363 g/mol. The van der Waals surface area contributed by atoms with Crippen molar-refractivity contribution in [3.05, 3.63) is 67.1 Å². The minimum atomic E-state index is -0.00313. The summed E-state index contributed by atoms with van der Waals surface area (Å²) in [5.74, 6) is 1.62. The van der Waals surface area contributed by atoms with Crippen molar-refractivity contribution >= 4 is 5.91 Å². The first-order valence-corrected chi connectivity index (χ1v) is 9.06. The van der Waals surface area contributed by atoms with Crippen molar-refractivity contribution in [2.75, 3.05) is 19.7 Å². The third kappa shape index (κ3) is 3.97. The maximum Gasteiger partial charge on any atom is 0.260 e. The highest BCUT2D eigenvalue weighted by atomic mass is 16.5. The van der Waals surface area contributed by atoms with Crippen LogP contribution in [0.5, 0.6) is 5.75 Å². The topological polar surface area (TPSA) is 73.1 Å². The predicted molar refractivity (Wildman–Crippen MR) is 99.6 cm³/mol. The number of carbonyl (C=O) groups excluding carboxylic acids is 1. The second kappa shape index (κ2) is 7.99. The van der Waals surface area contributed by atoms with Gasteiger partial charge in [0, 0.05) is 43.8 Å². The molecule has 27 heavy (non-hydrogen) atoms. The molecule has 7 nitrogen and oxygen atoms in total. The first-order valence-electron chi connectivity index (χ1n) is 9.06. The van der Waals surface area contributed by atoms with Gasteiger partial charge in [-0.05, 0) is 25.0 Å². The van der Waals surface area contributed by atoms with E-state index in [4.69, 9.17) is 4.74 Å². The zero-order valence-electron chi connectivity index (χ0n) is 14.9. The molecule has 0 unspecified atom stereocenters. The molecule has 1 fully saturated rings. The molecule has 1 aliphatic rings. The third-order valence-electron chi connectivity index (χ3n) is 4.72. The van der Waals surface area contributed by atoms with Crippen LogP contribution < -0.4 is 4.74 Å². The van der Waals surface area contributed by atoms with Crippen molar-refractivity contribution in [3.8, 4) is 11.6 Å². The van der Waals surface area contributed by atoms with E-state index in [0.29, 0.717) is 12.3 Å². The van der Waals surface area contributed by atoms with Gasteiger partial charge in [-0.3, -0.25) is 14.3 Å². The Morgan fingerprint density at radius 1 is 1.15 bits per heavy atom. The number of amides is 1. The number of nitrogens with zero attached hydrogens (tertiary/aromatic N) is 5. The Hall–Kier alpha value is -3.22. The maximum atomic E-state index is 12.6. The molecule has 3 aromatic rings. The molecule has 0 saturated carbocycles. The van der Waals surface area contributed by atoms with Gasteiger partial charge in [0.25, 0.3) is 5.91 Å². The lowest BCUT2D eigenvalue weighted by Crippen LogP contribution is -2.42. The molecule has 1 amide bonds. The van der Waals surface area contributed by atoms with Gasteiger partial charge in [-0.2, -0.15) is 0 Å². The molecular weight excluding hydrogens is 342 g/mol. The van der Waals surface area contributed by atoms with Crippen LogP contribution in [0.25, 0.3) is 5.82 Å². The lowest BCUT2D eigenvalue weighted by Gasteiger charge is -2.33. The molecule has 4 rings (SSSR count). The summed E-state index contributed by atoms with van der Waals surface area (Å²) in [6.07, 6.45) is 10.6. The second-order valence-electron chi connectivity index (χ2n) is 6.52. The van der Waals surface area contributed by atoms with Crippen LogP contribution in [0.1, 0.15) is 24.5 Å². The highest BCUT2D eigenvalue weighted by Crippen LogP contribution is 2.28. The summed E-state index contributed by atoms with van der Waals surface area (Å²) in [7, 11) is 0. The lowest BCUT2D eigenvalue weighted by molar-refractivity contribution is -0.134. The number of hydrogen-bond acceptors (Lipinski definition) is 5. The number of imidazole rings is 1. The average Bonchev–Trinajstić information content (AvgIpc) is 3.28. The summed E-state index contributed by atoms with van der Waals surface area (Å²) in [6.45, 7) is 1.41. The number of hydrogen-bond donors (Lipinski definition) is 0. The average molecular weight is 363 g/mol. The van der Waals surface area contributed by atoms with Crippen LogP contribution in [0.15, 0.2) is 61.4 Å². The number of likely N-dealkylation sites (tertiary alicyclic amines) is 1. The molecule has 0 N–H and O–H groups in total. The van der Waals surface area contributed by atoms with Crippen LogP contribution >= 0.6 is 0 Å². The van der Waals surface area contributed by atoms with Crippen molar-refractivity contribution < 1.29 is 9.53 Å². The Bertz CT molecular complexity index is 882. The zero-order valence-corrected chi connectivity index (χ0v) is 14.9. The summed E-state index contributed by atoms with van der Waals surface area (Å²) < 4.78 is 7.48. The van der Waals surface area contributed by atoms with Gasteiger partial charge in [-0.1, -0.05) is 18.2 Å². The van der Waals surface area contributed by atoms with Gasteiger partial charge < -0.3 is 9.64 Å². The van der Waals surface area contributed by atoms with Crippen LogP contribution in [-0.2, 0) is 4.79 Å². The van der Waals surface area contributed by atoms with Crippen LogP contribution in [-0.4, -0.2) is 50.0 Å². The standard InChI is InChI=1S/C20H21N5O2/c26-18(14-27-17-6-2-1-3-7-17)24-11-4-5-16(13-24)19-20(23-9-8-22-19)25-12-10-21-15-25/h1-3,6-10,12,15-16H,4-5,11,13-14H2/t16-/m1/s1. The van der Waals surface area contributed by atoms with Crippen molar-refractivity contribution in [1.82, 2.24) is 24.4 Å². The molecule has 7 heteroatoms. The lowest BCUT2D eigenvalue weighted by atomic mass is 9.94. The summed E-state index contributed by atoms with van der Waals surface area (Å²) in [6, 6.07) is 9.40. The quantitative estimate of drug-likeness (QED) is 0.696. The molecule has 1 saturated heterocycles. The Labute approximate surface area is 157 Å². The van der Waals surface area contributed by atoms with E-state index in [0.717, 1.165) is 30.9 Å². The number of ether oxygens (including phenoxy) is 1. The SMILES string of the molecule is O=C(COc1ccccc1)N1CCC[C@@H](c2nccnc2-n2ccnc2)C1. The summed E-state index contributed by atoms with van der Waals surface area (Å²) in [4.78, 5) is 27.6. The van der Waals surface area contributed by atoms with Gasteiger partial charge >= 0.3 is 0 Å². The van der Waals surface area contributed by atoms with Crippen LogP contribution in [0.3, 0.4) is 0 Å². The molecule has 0 aliphatic carbocycles. The van der Waals surface area contributed by atoms with Gasteiger partial charge in [-0.25, -0.2) is 9.97 Å². The molecule has 0 spiro atoms. The largest absolute Gasteiger partial charge is 0.484 e. The van der Waals surface area contributed by atoms with Crippen molar-refractivity contribution in [2.24, 2.45) is 0 Å². The first kappa shape index (κ1) is 17.2. The molecule has 2 aromatic heterocycles. The van der Waals surface area contributed by atoms with Crippen LogP contribution in [0.2, 0.25) is 0 Å². The molecule has 1 atom stereocenters. The van der Waals surface area contributed by atoms with Crippen LogP contribution in [0, 0.1) is 0 Å². The molecule has 1 aliphatic heterocycles. The van der Waals surface area contributed by atoms with E-state index < -0.39 is 0 Å². The van der Waals surface area contributed by atoms with E-state index in [1.165, 1.54) is 0 Å². The number of aromatic nitrogens is 4. The molecule has 0 radical (unpaired) electrons. The van der Waals surface area contributed by atoms with E-state index in [1.54, 1.807) is 24.9 Å². The number of para-hydroxylation sites is 1. The Kier molecular flexibility index (Phi) is 5.09.